The normalized spacial score (nSPS) is 12.6. The monoisotopic (exact) mass is 322 g/mol. The molecule has 0 spiro atoms. The standard InChI is InChI=1S/C14H19BrN4/c1-4-12(16-5-2)10-6-8-11(9-7-10)13-14(15)17-18-19(13)3/h6-9,12,16H,4-5H2,1-3H3. The Morgan fingerprint density at radius 3 is 2.42 bits per heavy atom. The van der Waals surface area contributed by atoms with E-state index in [-0.39, 0.29) is 0 Å². The molecule has 0 saturated carbocycles. The van der Waals surface area contributed by atoms with Gasteiger partial charge >= 0.3 is 0 Å². The lowest BCUT2D eigenvalue weighted by Crippen LogP contribution is -2.19. The highest BCUT2D eigenvalue weighted by molar-refractivity contribution is 9.10. The molecule has 1 heterocycles. The van der Waals surface area contributed by atoms with Crippen molar-refractivity contribution >= 4 is 15.9 Å². The van der Waals surface area contributed by atoms with Crippen LogP contribution in [0.25, 0.3) is 11.3 Å². The number of nitrogens with zero attached hydrogens (tertiary/aromatic N) is 3. The fraction of sp³-hybridized carbons (Fsp3) is 0.429. The van der Waals surface area contributed by atoms with Crippen LogP contribution in [0.15, 0.2) is 28.9 Å². The van der Waals surface area contributed by atoms with Gasteiger partial charge in [0.05, 0.1) is 0 Å². The molecule has 2 aromatic rings. The molecule has 0 radical (unpaired) electrons. The predicted octanol–water partition coefficient (Wildman–Crippen LogP) is 3.31. The van der Waals surface area contributed by atoms with E-state index < -0.39 is 0 Å². The zero-order valence-corrected chi connectivity index (χ0v) is 13.1. The third-order valence-corrected chi connectivity index (χ3v) is 3.77. The van der Waals surface area contributed by atoms with E-state index in [1.54, 1.807) is 4.68 Å². The van der Waals surface area contributed by atoms with Crippen molar-refractivity contribution in [2.24, 2.45) is 7.05 Å². The maximum absolute atomic E-state index is 4.01. The van der Waals surface area contributed by atoms with Gasteiger partial charge in [-0.05, 0) is 34.5 Å². The highest BCUT2D eigenvalue weighted by Gasteiger charge is 2.12. The summed E-state index contributed by atoms with van der Waals surface area (Å²) in [6.45, 7) is 5.32. The number of nitrogens with one attached hydrogen (secondary N) is 1. The van der Waals surface area contributed by atoms with Crippen LogP contribution in [-0.2, 0) is 7.05 Å². The van der Waals surface area contributed by atoms with Crippen molar-refractivity contribution in [1.29, 1.82) is 0 Å². The smallest absolute Gasteiger partial charge is 0.156 e. The second-order valence-electron chi connectivity index (χ2n) is 4.49. The molecule has 4 nitrogen and oxygen atoms in total. The van der Waals surface area contributed by atoms with Gasteiger partial charge in [0.1, 0.15) is 5.69 Å². The summed E-state index contributed by atoms with van der Waals surface area (Å²) in [6, 6.07) is 9.02. The molecule has 1 aromatic carbocycles. The molecule has 2 rings (SSSR count). The molecule has 0 bridgehead atoms. The largest absolute Gasteiger partial charge is 0.310 e. The Morgan fingerprint density at radius 1 is 1.26 bits per heavy atom. The Kier molecular flexibility index (Phi) is 4.71. The molecule has 0 saturated heterocycles. The Labute approximate surface area is 122 Å². The fourth-order valence-electron chi connectivity index (χ4n) is 2.26. The van der Waals surface area contributed by atoms with E-state index in [9.17, 15) is 0 Å². The maximum atomic E-state index is 4.01. The molecule has 0 aliphatic rings. The molecule has 1 atom stereocenters. The molecule has 0 fully saturated rings. The third-order valence-electron chi connectivity index (χ3n) is 3.23. The van der Waals surface area contributed by atoms with Crippen molar-refractivity contribution in [3.05, 3.63) is 34.4 Å². The first-order chi connectivity index (χ1) is 9.17. The van der Waals surface area contributed by atoms with E-state index in [1.807, 2.05) is 7.05 Å². The highest BCUT2D eigenvalue weighted by atomic mass is 79.9. The molecule has 5 heteroatoms. The van der Waals surface area contributed by atoms with Gasteiger partial charge < -0.3 is 5.32 Å². The lowest BCUT2D eigenvalue weighted by Gasteiger charge is -2.16. The Hall–Kier alpha value is -1.20. The van der Waals surface area contributed by atoms with Crippen LogP contribution in [0.1, 0.15) is 31.9 Å². The number of benzene rings is 1. The summed E-state index contributed by atoms with van der Waals surface area (Å²) in [5.41, 5.74) is 3.44. The number of rotatable bonds is 5. The second kappa shape index (κ2) is 6.30. The van der Waals surface area contributed by atoms with E-state index in [1.165, 1.54) is 5.56 Å². The second-order valence-corrected chi connectivity index (χ2v) is 5.24. The van der Waals surface area contributed by atoms with Crippen molar-refractivity contribution in [3.8, 4) is 11.3 Å². The predicted molar refractivity (Wildman–Crippen MR) is 80.8 cm³/mol. The van der Waals surface area contributed by atoms with E-state index >= 15 is 0 Å². The van der Waals surface area contributed by atoms with Gasteiger partial charge in [-0.1, -0.05) is 43.3 Å². The molecule has 0 aliphatic heterocycles. The van der Waals surface area contributed by atoms with E-state index in [0.717, 1.165) is 28.8 Å². The van der Waals surface area contributed by atoms with E-state index in [4.69, 9.17) is 0 Å². The van der Waals surface area contributed by atoms with E-state index in [0.29, 0.717) is 6.04 Å². The minimum Gasteiger partial charge on any atom is -0.310 e. The zero-order chi connectivity index (χ0) is 13.8. The molecular weight excluding hydrogens is 304 g/mol. The molecule has 0 amide bonds. The first-order valence-corrected chi connectivity index (χ1v) is 7.35. The SMILES string of the molecule is CCNC(CC)c1ccc(-c2c(Br)nnn2C)cc1. The minimum absolute atomic E-state index is 0.423. The lowest BCUT2D eigenvalue weighted by atomic mass is 10.0. The molecule has 19 heavy (non-hydrogen) atoms. The lowest BCUT2D eigenvalue weighted by molar-refractivity contribution is 0.537. The summed E-state index contributed by atoms with van der Waals surface area (Å²) >= 11 is 3.43. The van der Waals surface area contributed by atoms with Gasteiger partial charge in [-0.25, -0.2) is 4.68 Å². The highest BCUT2D eigenvalue weighted by Crippen LogP contribution is 2.27. The van der Waals surface area contributed by atoms with Crippen LogP contribution in [0.3, 0.4) is 0 Å². The molecule has 1 unspecified atom stereocenters. The average molecular weight is 323 g/mol. The topological polar surface area (TPSA) is 42.7 Å². The van der Waals surface area contributed by atoms with Gasteiger partial charge in [0.2, 0.25) is 0 Å². The first kappa shape index (κ1) is 14.2. The van der Waals surface area contributed by atoms with Crippen molar-refractivity contribution in [2.45, 2.75) is 26.3 Å². The summed E-state index contributed by atoms with van der Waals surface area (Å²) in [5, 5.41) is 11.5. The van der Waals surface area contributed by atoms with Crippen LogP contribution in [0.5, 0.6) is 0 Å². The fourth-order valence-corrected chi connectivity index (χ4v) is 2.81. The van der Waals surface area contributed by atoms with Gasteiger partial charge in [-0.2, -0.15) is 0 Å². The van der Waals surface area contributed by atoms with Gasteiger partial charge in [-0.15, -0.1) is 5.10 Å². The van der Waals surface area contributed by atoms with Gasteiger partial charge in [0.25, 0.3) is 0 Å². The molecule has 1 aromatic heterocycles. The zero-order valence-electron chi connectivity index (χ0n) is 11.5. The van der Waals surface area contributed by atoms with Crippen molar-refractivity contribution in [3.63, 3.8) is 0 Å². The van der Waals surface area contributed by atoms with Crippen molar-refractivity contribution in [1.82, 2.24) is 20.3 Å². The summed E-state index contributed by atoms with van der Waals surface area (Å²) < 4.78 is 2.56. The van der Waals surface area contributed by atoms with Gasteiger partial charge in [0.15, 0.2) is 4.60 Å². The quantitative estimate of drug-likeness (QED) is 0.918. The Bertz CT molecular complexity index is 513. The maximum Gasteiger partial charge on any atom is 0.156 e. The summed E-state index contributed by atoms with van der Waals surface area (Å²) in [4.78, 5) is 0. The molecule has 102 valence electrons. The van der Waals surface area contributed by atoms with Crippen LogP contribution in [-0.4, -0.2) is 21.5 Å². The van der Waals surface area contributed by atoms with E-state index in [2.05, 4.69) is 69.7 Å². The van der Waals surface area contributed by atoms with Crippen molar-refractivity contribution < 1.29 is 0 Å². The first-order valence-electron chi connectivity index (χ1n) is 6.56. The Morgan fingerprint density at radius 2 is 1.95 bits per heavy atom. The molecular formula is C14H19BrN4. The number of hydrogen-bond acceptors (Lipinski definition) is 3. The molecule has 0 aliphatic carbocycles. The number of halogens is 1. The van der Waals surface area contributed by atoms with Crippen LogP contribution in [0.4, 0.5) is 0 Å². The van der Waals surface area contributed by atoms with Gasteiger partial charge in [-0.3, -0.25) is 0 Å². The minimum atomic E-state index is 0.423. The van der Waals surface area contributed by atoms with Crippen LogP contribution in [0.2, 0.25) is 0 Å². The third kappa shape index (κ3) is 3.04. The van der Waals surface area contributed by atoms with Crippen LogP contribution < -0.4 is 5.32 Å². The van der Waals surface area contributed by atoms with Crippen LogP contribution >= 0.6 is 15.9 Å². The number of hydrogen-bond donors (Lipinski definition) is 1. The summed E-state index contributed by atoms with van der Waals surface area (Å²) in [6.07, 6.45) is 1.09. The van der Waals surface area contributed by atoms with Crippen molar-refractivity contribution in [2.75, 3.05) is 6.54 Å². The number of aromatic nitrogens is 3. The average Bonchev–Trinajstić information content (AvgIpc) is 2.76. The van der Waals surface area contributed by atoms with Crippen LogP contribution in [0, 0.1) is 0 Å². The number of aryl methyl sites for hydroxylation is 1. The molecule has 1 N–H and O–H groups in total. The summed E-state index contributed by atoms with van der Waals surface area (Å²) in [5.74, 6) is 0. The Balaban J connectivity index is 2.28. The summed E-state index contributed by atoms with van der Waals surface area (Å²) in [7, 11) is 1.90. The van der Waals surface area contributed by atoms with Gasteiger partial charge in [0, 0.05) is 18.7 Å².